The summed E-state index contributed by atoms with van der Waals surface area (Å²) in [5.74, 6) is 0.518. The van der Waals surface area contributed by atoms with Crippen molar-refractivity contribution in [3.63, 3.8) is 0 Å². The molecule has 3 atom stereocenters. The minimum atomic E-state index is -0.299. The summed E-state index contributed by atoms with van der Waals surface area (Å²) < 4.78 is 12.8. The fraction of sp³-hybridized carbons (Fsp3) is 0.882. The summed E-state index contributed by atoms with van der Waals surface area (Å²) in [5, 5.41) is 1.04. The van der Waals surface area contributed by atoms with Gasteiger partial charge in [0.2, 0.25) is 0 Å². The van der Waals surface area contributed by atoms with E-state index in [0.717, 1.165) is 37.1 Å². The van der Waals surface area contributed by atoms with E-state index in [9.17, 15) is 0 Å². The molecule has 20 heavy (non-hydrogen) atoms. The van der Waals surface area contributed by atoms with Crippen LogP contribution in [0, 0.1) is 5.92 Å². The average Bonchev–Trinajstić information content (AvgIpc) is 2.89. The lowest BCUT2D eigenvalue weighted by molar-refractivity contribution is -0.116. The normalized spacial score (nSPS) is 44.7. The zero-order valence-corrected chi connectivity index (χ0v) is 14.0. The molecule has 2 saturated heterocycles. The van der Waals surface area contributed by atoms with Gasteiger partial charge in [-0.3, -0.25) is 0 Å². The van der Waals surface area contributed by atoms with E-state index < -0.39 is 0 Å². The summed E-state index contributed by atoms with van der Waals surface area (Å²) in [5.41, 5.74) is 0.802. The Kier molecular flexibility index (Phi) is 3.51. The first-order valence-corrected chi connectivity index (χ1v) is 8.40. The van der Waals surface area contributed by atoms with Gasteiger partial charge in [-0.05, 0) is 56.9 Å². The quantitative estimate of drug-likeness (QED) is 0.744. The molecule has 0 saturated carbocycles. The second-order valence-corrected chi connectivity index (χ2v) is 7.81. The maximum atomic E-state index is 6.60. The first kappa shape index (κ1) is 14.9. The minimum absolute atomic E-state index is 0.0215. The maximum absolute atomic E-state index is 6.60. The molecule has 2 heterocycles. The third-order valence-electron chi connectivity index (χ3n) is 6.14. The van der Waals surface area contributed by atoms with Crippen LogP contribution >= 0.6 is 11.6 Å². The molecule has 2 bridgehead atoms. The van der Waals surface area contributed by atoms with E-state index in [-0.39, 0.29) is 16.8 Å². The molecule has 0 radical (unpaired) electrons. The topological polar surface area (TPSA) is 18.5 Å². The first-order chi connectivity index (χ1) is 9.39. The second kappa shape index (κ2) is 4.72. The zero-order valence-electron chi connectivity index (χ0n) is 13.2. The van der Waals surface area contributed by atoms with E-state index in [1.807, 2.05) is 7.11 Å². The van der Waals surface area contributed by atoms with Crippen LogP contribution < -0.4 is 0 Å². The lowest BCUT2D eigenvalue weighted by Gasteiger charge is -2.45. The molecule has 3 heteroatoms. The van der Waals surface area contributed by atoms with Crippen LogP contribution in [-0.2, 0) is 9.47 Å². The van der Waals surface area contributed by atoms with E-state index in [1.165, 1.54) is 18.4 Å². The molecule has 0 amide bonds. The molecule has 3 rings (SSSR count). The number of hydrogen-bond acceptors (Lipinski definition) is 2. The smallest absolute Gasteiger partial charge is 0.121 e. The van der Waals surface area contributed by atoms with Gasteiger partial charge in [-0.2, -0.15) is 0 Å². The number of halogens is 1. The Morgan fingerprint density at radius 1 is 1.20 bits per heavy atom. The van der Waals surface area contributed by atoms with Crippen molar-refractivity contribution in [3.05, 3.63) is 10.6 Å². The van der Waals surface area contributed by atoms with E-state index in [4.69, 9.17) is 21.1 Å². The number of fused-ring (bicyclic) bond motifs is 2. The lowest BCUT2D eigenvalue weighted by Crippen LogP contribution is -2.53. The van der Waals surface area contributed by atoms with Crippen molar-refractivity contribution in [1.29, 1.82) is 0 Å². The fourth-order valence-electron chi connectivity index (χ4n) is 4.76. The molecular weight excluding hydrogens is 272 g/mol. The van der Waals surface area contributed by atoms with E-state index in [1.54, 1.807) is 0 Å². The molecule has 0 N–H and O–H groups in total. The Hall–Kier alpha value is -0.0500. The molecule has 0 aromatic carbocycles. The van der Waals surface area contributed by atoms with Gasteiger partial charge in [0, 0.05) is 18.6 Å². The summed E-state index contributed by atoms with van der Waals surface area (Å²) in [6.45, 7) is 6.78. The highest BCUT2D eigenvalue weighted by Gasteiger charge is 2.69. The predicted molar refractivity (Wildman–Crippen MR) is 82.0 cm³/mol. The SMILES string of the molecule is COC1(C2=C(Cl)CCCC2)CC2(C(C)C)CCC1(C)O2. The number of hydrogen-bond donors (Lipinski definition) is 0. The summed E-state index contributed by atoms with van der Waals surface area (Å²) >= 11 is 6.60. The molecule has 1 aliphatic carbocycles. The number of methoxy groups -OCH3 is 1. The minimum Gasteiger partial charge on any atom is -0.371 e. The monoisotopic (exact) mass is 298 g/mol. The van der Waals surface area contributed by atoms with E-state index in [2.05, 4.69) is 20.8 Å². The number of allylic oxidation sites excluding steroid dienone is 1. The van der Waals surface area contributed by atoms with E-state index in [0.29, 0.717) is 5.92 Å². The standard InChI is InChI=1S/C17H27ClO2/c1-12(2)16-10-9-15(3,20-16)17(11-16,19-4)13-7-5-6-8-14(13)18/h12H,5-11H2,1-4H3. The molecule has 2 aliphatic heterocycles. The second-order valence-electron chi connectivity index (χ2n) is 7.35. The first-order valence-electron chi connectivity index (χ1n) is 8.02. The summed E-state index contributed by atoms with van der Waals surface area (Å²) in [7, 11) is 1.84. The molecule has 3 unspecified atom stereocenters. The van der Waals surface area contributed by atoms with Gasteiger partial charge >= 0.3 is 0 Å². The molecule has 0 spiro atoms. The number of rotatable bonds is 3. The Balaban J connectivity index is 2.06. The number of ether oxygens (including phenoxy) is 2. The Bertz CT molecular complexity index is 444. The van der Waals surface area contributed by atoms with Gasteiger partial charge in [-0.15, -0.1) is 0 Å². The van der Waals surface area contributed by atoms with Crippen molar-refractivity contribution >= 4 is 11.6 Å². The third-order valence-corrected chi connectivity index (χ3v) is 6.56. The van der Waals surface area contributed by atoms with Crippen LogP contribution in [-0.4, -0.2) is 23.9 Å². The van der Waals surface area contributed by atoms with Gasteiger partial charge in [0.1, 0.15) is 5.60 Å². The average molecular weight is 299 g/mol. The van der Waals surface area contributed by atoms with Crippen molar-refractivity contribution < 1.29 is 9.47 Å². The molecule has 2 fully saturated rings. The molecule has 0 aromatic heterocycles. The van der Waals surface area contributed by atoms with Crippen molar-refractivity contribution in [2.75, 3.05) is 7.11 Å². The molecule has 3 aliphatic rings. The van der Waals surface area contributed by atoms with Gasteiger partial charge in [-0.1, -0.05) is 25.4 Å². The van der Waals surface area contributed by atoms with Crippen LogP contribution in [0.4, 0.5) is 0 Å². The highest BCUT2D eigenvalue weighted by Crippen LogP contribution is 2.63. The van der Waals surface area contributed by atoms with Crippen LogP contribution in [0.3, 0.4) is 0 Å². The third kappa shape index (κ3) is 1.77. The largest absolute Gasteiger partial charge is 0.371 e. The Morgan fingerprint density at radius 2 is 1.90 bits per heavy atom. The van der Waals surface area contributed by atoms with Crippen LogP contribution in [0.25, 0.3) is 0 Å². The zero-order chi connectivity index (χ0) is 14.6. The van der Waals surface area contributed by atoms with Gasteiger partial charge in [0.25, 0.3) is 0 Å². The van der Waals surface area contributed by atoms with Crippen molar-refractivity contribution in [1.82, 2.24) is 0 Å². The Labute approximate surface area is 127 Å². The van der Waals surface area contributed by atoms with Gasteiger partial charge in [-0.25, -0.2) is 0 Å². The molecular formula is C17H27ClO2. The fourth-order valence-corrected chi connectivity index (χ4v) is 5.14. The van der Waals surface area contributed by atoms with Crippen LogP contribution in [0.5, 0.6) is 0 Å². The highest BCUT2D eigenvalue weighted by atomic mass is 35.5. The van der Waals surface area contributed by atoms with E-state index >= 15 is 0 Å². The van der Waals surface area contributed by atoms with Crippen LogP contribution in [0.2, 0.25) is 0 Å². The Morgan fingerprint density at radius 3 is 2.45 bits per heavy atom. The van der Waals surface area contributed by atoms with Crippen molar-refractivity contribution in [2.24, 2.45) is 5.92 Å². The lowest BCUT2D eigenvalue weighted by atomic mass is 9.64. The maximum Gasteiger partial charge on any atom is 0.121 e. The van der Waals surface area contributed by atoms with Crippen molar-refractivity contribution in [2.45, 2.75) is 82.5 Å². The van der Waals surface area contributed by atoms with Crippen molar-refractivity contribution in [3.8, 4) is 0 Å². The van der Waals surface area contributed by atoms with Crippen LogP contribution in [0.15, 0.2) is 10.6 Å². The highest BCUT2D eigenvalue weighted by molar-refractivity contribution is 6.30. The predicted octanol–water partition coefficient (Wildman–Crippen LogP) is 4.81. The molecule has 0 aromatic rings. The summed E-state index contributed by atoms with van der Waals surface area (Å²) in [6.07, 6.45) is 7.70. The van der Waals surface area contributed by atoms with Gasteiger partial charge < -0.3 is 9.47 Å². The van der Waals surface area contributed by atoms with Gasteiger partial charge in [0.05, 0.1) is 11.2 Å². The molecule has 114 valence electrons. The molecule has 2 nitrogen and oxygen atoms in total. The summed E-state index contributed by atoms with van der Waals surface area (Å²) in [4.78, 5) is 0. The summed E-state index contributed by atoms with van der Waals surface area (Å²) in [6, 6.07) is 0. The van der Waals surface area contributed by atoms with Gasteiger partial charge in [0.15, 0.2) is 0 Å². The van der Waals surface area contributed by atoms with Crippen LogP contribution in [0.1, 0.15) is 65.7 Å².